The Balaban J connectivity index is 2.10. The van der Waals surface area contributed by atoms with Gasteiger partial charge in [-0.2, -0.15) is 4.31 Å². The minimum atomic E-state index is -3.86. The van der Waals surface area contributed by atoms with Crippen LogP contribution in [-0.2, 0) is 14.8 Å². The second-order valence-electron chi connectivity index (χ2n) is 6.03. The van der Waals surface area contributed by atoms with Crippen LogP contribution in [0.2, 0.25) is 0 Å². The number of carbonyl (C=O) groups is 2. The largest absolute Gasteiger partial charge is 0.497 e. The third-order valence-corrected chi connectivity index (χ3v) is 5.80. The van der Waals surface area contributed by atoms with E-state index >= 15 is 0 Å². The maximum Gasteiger partial charge on any atom is 0.253 e. The Hall–Kier alpha value is -3.17. The zero-order valence-corrected chi connectivity index (χ0v) is 17.0. The highest BCUT2D eigenvalue weighted by Crippen LogP contribution is 2.19. The average Bonchev–Trinajstić information content (AvgIpc) is 2.72. The summed E-state index contributed by atoms with van der Waals surface area (Å²) in [4.78, 5) is 24.6. The molecule has 8 nitrogen and oxygen atoms in total. The minimum absolute atomic E-state index is 0.0396. The summed E-state index contributed by atoms with van der Waals surface area (Å²) in [6, 6.07) is 12.3. The van der Waals surface area contributed by atoms with Gasteiger partial charge in [-0.05, 0) is 36.4 Å². The van der Waals surface area contributed by atoms with Gasteiger partial charge in [-0.15, -0.1) is 6.58 Å². The molecule has 0 saturated heterocycles. The molecule has 29 heavy (non-hydrogen) atoms. The van der Waals surface area contributed by atoms with Gasteiger partial charge >= 0.3 is 0 Å². The summed E-state index contributed by atoms with van der Waals surface area (Å²) in [5.41, 5.74) is 0.553. The molecule has 0 aromatic heterocycles. The topological polar surface area (TPSA) is 105 Å². The number of rotatable bonds is 9. The van der Waals surface area contributed by atoms with Crippen molar-refractivity contribution in [3.63, 3.8) is 0 Å². The van der Waals surface area contributed by atoms with Crippen LogP contribution in [0.25, 0.3) is 0 Å². The van der Waals surface area contributed by atoms with Gasteiger partial charge in [0.15, 0.2) is 0 Å². The molecule has 0 unspecified atom stereocenters. The second kappa shape index (κ2) is 9.85. The Bertz CT molecular complexity index is 987. The fraction of sp³-hybridized carbons (Fsp3) is 0.200. The molecule has 9 heteroatoms. The number of hydrogen-bond donors (Lipinski definition) is 2. The van der Waals surface area contributed by atoms with Gasteiger partial charge < -0.3 is 15.4 Å². The average molecular weight is 417 g/mol. The smallest absolute Gasteiger partial charge is 0.253 e. The lowest BCUT2D eigenvalue weighted by molar-refractivity contribution is -0.116. The molecule has 0 atom stereocenters. The van der Waals surface area contributed by atoms with Gasteiger partial charge in [0.2, 0.25) is 15.9 Å². The van der Waals surface area contributed by atoms with Crippen molar-refractivity contribution in [2.45, 2.75) is 4.90 Å². The summed E-state index contributed by atoms with van der Waals surface area (Å²) < 4.78 is 31.2. The van der Waals surface area contributed by atoms with Crippen molar-refractivity contribution in [2.24, 2.45) is 0 Å². The maximum atomic E-state index is 12.6. The van der Waals surface area contributed by atoms with E-state index < -0.39 is 22.5 Å². The number of ether oxygens (including phenoxy) is 1. The number of benzene rings is 2. The molecule has 0 aliphatic carbocycles. The summed E-state index contributed by atoms with van der Waals surface area (Å²) in [6.07, 6.45) is 1.54. The Kier molecular flexibility index (Phi) is 7.52. The lowest BCUT2D eigenvalue weighted by atomic mass is 10.1. The normalized spacial score (nSPS) is 11.0. The van der Waals surface area contributed by atoms with E-state index in [4.69, 9.17) is 4.74 Å². The molecule has 0 aliphatic rings. The second-order valence-corrected chi connectivity index (χ2v) is 8.07. The number of amides is 2. The first-order valence-electron chi connectivity index (χ1n) is 8.68. The molecule has 2 aromatic rings. The number of nitrogens with one attached hydrogen (secondary N) is 2. The van der Waals surface area contributed by atoms with Crippen LogP contribution in [0.4, 0.5) is 5.69 Å². The molecule has 0 saturated carbocycles. The number of methoxy groups -OCH3 is 1. The number of likely N-dealkylation sites (N-methyl/N-ethyl adjacent to an activating group) is 1. The molecule has 0 radical (unpaired) electrons. The third-order valence-electron chi connectivity index (χ3n) is 3.99. The van der Waals surface area contributed by atoms with E-state index in [0.29, 0.717) is 5.75 Å². The van der Waals surface area contributed by atoms with Crippen molar-refractivity contribution < 1.29 is 22.7 Å². The third kappa shape index (κ3) is 5.66. The summed E-state index contributed by atoms with van der Waals surface area (Å²) in [7, 11) is -1.07. The highest BCUT2D eigenvalue weighted by molar-refractivity contribution is 7.89. The first-order valence-corrected chi connectivity index (χ1v) is 10.1. The van der Waals surface area contributed by atoms with Crippen molar-refractivity contribution in [1.29, 1.82) is 0 Å². The number of anilines is 1. The number of para-hydroxylation sites is 1. The van der Waals surface area contributed by atoms with Crippen LogP contribution in [0.1, 0.15) is 10.4 Å². The predicted molar refractivity (Wildman–Crippen MR) is 110 cm³/mol. The van der Waals surface area contributed by atoms with Crippen molar-refractivity contribution in [2.75, 3.05) is 32.6 Å². The molecule has 2 rings (SSSR count). The summed E-state index contributed by atoms with van der Waals surface area (Å²) in [5.74, 6) is -0.427. The van der Waals surface area contributed by atoms with Gasteiger partial charge in [-0.1, -0.05) is 18.2 Å². The molecule has 2 aromatic carbocycles. The highest BCUT2D eigenvalue weighted by Gasteiger charge is 2.23. The van der Waals surface area contributed by atoms with Crippen LogP contribution in [-0.4, -0.2) is 51.8 Å². The molecular weight excluding hydrogens is 394 g/mol. The van der Waals surface area contributed by atoms with Crippen LogP contribution >= 0.6 is 0 Å². The van der Waals surface area contributed by atoms with Crippen LogP contribution < -0.4 is 15.4 Å². The Morgan fingerprint density at radius 1 is 1.14 bits per heavy atom. The van der Waals surface area contributed by atoms with E-state index in [1.807, 2.05) is 0 Å². The highest BCUT2D eigenvalue weighted by atomic mass is 32.2. The van der Waals surface area contributed by atoms with Crippen LogP contribution in [0, 0.1) is 0 Å². The fourth-order valence-corrected chi connectivity index (χ4v) is 3.58. The molecular formula is C20H23N3O5S. The number of nitrogens with zero attached hydrogens (tertiary/aromatic N) is 1. The van der Waals surface area contributed by atoms with Crippen molar-refractivity contribution in [1.82, 2.24) is 9.62 Å². The predicted octanol–water partition coefficient (Wildman–Crippen LogP) is 1.87. The lowest BCUT2D eigenvalue weighted by Gasteiger charge is -2.18. The van der Waals surface area contributed by atoms with Crippen LogP contribution in [0.3, 0.4) is 0 Å². The first-order chi connectivity index (χ1) is 13.8. The molecule has 0 aliphatic heterocycles. The Labute approximate surface area is 170 Å². The van der Waals surface area contributed by atoms with Gasteiger partial charge in [0.1, 0.15) is 5.75 Å². The molecule has 0 spiro atoms. The molecule has 0 bridgehead atoms. The van der Waals surface area contributed by atoms with E-state index in [2.05, 4.69) is 17.2 Å². The summed E-state index contributed by atoms with van der Waals surface area (Å²) >= 11 is 0. The van der Waals surface area contributed by atoms with Gasteiger partial charge in [0.25, 0.3) is 5.91 Å². The van der Waals surface area contributed by atoms with Crippen LogP contribution in [0.15, 0.2) is 66.1 Å². The standard InChI is InChI=1S/C20H23N3O5S/c1-4-13-21-20(25)17-7-5-6-8-18(17)22-19(24)14-23(2)29(26,27)16-11-9-15(28-3)10-12-16/h4-12H,1,13-14H2,2-3H3,(H,21,25)(H,22,24). The molecule has 0 heterocycles. The van der Waals surface area contributed by atoms with Gasteiger partial charge in [0.05, 0.1) is 29.8 Å². The van der Waals surface area contributed by atoms with Crippen molar-refractivity contribution >= 4 is 27.5 Å². The number of sulfonamides is 1. The molecule has 154 valence electrons. The van der Waals surface area contributed by atoms with E-state index in [1.54, 1.807) is 24.3 Å². The van der Waals surface area contributed by atoms with Crippen molar-refractivity contribution in [3.8, 4) is 5.75 Å². The Morgan fingerprint density at radius 2 is 1.79 bits per heavy atom. The lowest BCUT2D eigenvalue weighted by Crippen LogP contribution is -2.35. The zero-order chi connectivity index (χ0) is 21.4. The van der Waals surface area contributed by atoms with E-state index in [0.717, 1.165) is 4.31 Å². The van der Waals surface area contributed by atoms with Gasteiger partial charge in [0, 0.05) is 13.6 Å². The number of hydrogen-bond acceptors (Lipinski definition) is 5. The first kappa shape index (κ1) is 22.1. The maximum absolute atomic E-state index is 12.6. The molecule has 0 fully saturated rings. The molecule has 2 amide bonds. The van der Waals surface area contributed by atoms with E-state index in [1.165, 1.54) is 44.5 Å². The van der Waals surface area contributed by atoms with Crippen LogP contribution in [0.5, 0.6) is 5.75 Å². The minimum Gasteiger partial charge on any atom is -0.497 e. The zero-order valence-electron chi connectivity index (χ0n) is 16.2. The summed E-state index contributed by atoms with van der Waals surface area (Å²) in [5, 5.41) is 5.22. The quantitative estimate of drug-likeness (QED) is 0.606. The molecule has 2 N–H and O–H groups in total. The van der Waals surface area contributed by atoms with Crippen molar-refractivity contribution in [3.05, 3.63) is 66.7 Å². The number of carbonyl (C=O) groups excluding carboxylic acids is 2. The monoisotopic (exact) mass is 417 g/mol. The Morgan fingerprint density at radius 3 is 2.41 bits per heavy atom. The van der Waals surface area contributed by atoms with Gasteiger partial charge in [-0.3, -0.25) is 9.59 Å². The van der Waals surface area contributed by atoms with E-state index in [-0.39, 0.29) is 28.6 Å². The fourth-order valence-electron chi connectivity index (χ4n) is 2.45. The van der Waals surface area contributed by atoms with Gasteiger partial charge in [-0.25, -0.2) is 8.42 Å². The SMILES string of the molecule is C=CCNC(=O)c1ccccc1NC(=O)CN(C)S(=O)(=O)c1ccc(OC)cc1. The summed E-state index contributed by atoms with van der Waals surface area (Å²) in [6.45, 7) is 3.40. The van der Waals surface area contributed by atoms with E-state index in [9.17, 15) is 18.0 Å².